The van der Waals surface area contributed by atoms with Crippen LogP contribution in [0.25, 0.3) is 0 Å². The van der Waals surface area contributed by atoms with E-state index >= 15 is 0 Å². The average Bonchev–Trinajstić information content (AvgIpc) is 2.38. The minimum absolute atomic E-state index is 0.193. The van der Waals surface area contributed by atoms with Crippen molar-refractivity contribution in [3.05, 3.63) is 12.2 Å². The third kappa shape index (κ3) is 8.32. The van der Waals surface area contributed by atoms with E-state index in [2.05, 4.69) is 27.4 Å². The van der Waals surface area contributed by atoms with Gasteiger partial charge in [0.15, 0.2) is 0 Å². The second-order valence-electron chi connectivity index (χ2n) is 5.07. The quantitative estimate of drug-likeness (QED) is 0.298. The van der Waals surface area contributed by atoms with Crippen molar-refractivity contribution in [3.8, 4) is 0 Å². The zero-order chi connectivity index (χ0) is 13.8. The van der Waals surface area contributed by atoms with Gasteiger partial charge in [-0.05, 0) is 18.8 Å². The normalized spacial score (nSPS) is 12.2. The highest BCUT2D eigenvalue weighted by Crippen LogP contribution is 2.21. The maximum atomic E-state index is 11.7. The van der Waals surface area contributed by atoms with Crippen LogP contribution in [0.1, 0.15) is 72.1 Å². The molecule has 0 N–H and O–H groups in total. The van der Waals surface area contributed by atoms with Gasteiger partial charge in [0, 0.05) is 5.57 Å². The van der Waals surface area contributed by atoms with E-state index in [0.717, 1.165) is 32.1 Å². The van der Waals surface area contributed by atoms with Crippen LogP contribution in [-0.4, -0.2) is 12.6 Å². The van der Waals surface area contributed by atoms with Gasteiger partial charge < -0.3 is 4.74 Å². The summed E-state index contributed by atoms with van der Waals surface area (Å²) in [5.41, 5.74) is 0.648. The number of esters is 1. The van der Waals surface area contributed by atoms with Gasteiger partial charge in [-0.2, -0.15) is 0 Å². The lowest BCUT2D eigenvalue weighted by Crippen LogP contribution is -2.12. The second kappa shape index (κ2) is 11.3. The summed E-state index contributed by atoms with van der Waals surface area (Å²) in [6, 6.07) is 0. The zero-order valence-corrected chi connectivity index (χ0v) is 12.5. The van der Waals surface area contributed by atoms with E-state index in [0.29, 0.717) is 18.1 Å². The monoisotopic (exact) mass is 254 g/mol. The number of hydrogen-bond donors (Lipinski definition) is 0. The lowest BCUT2D eigenvalue weighted by atomic mass is 9.92. The summed E-state index contributed by atoms with van der Waals surface area (Å²) in [4.78, 5) is 11.7. The van der Waals surface area contributed by atoms with Crippen molar-refractivity contribution >= 4 is 5.97 Å². The highest BCUT2D eigenvalue weighted by molar-refractivity contribution is 5.87. The van der Waals surface area contributed by atoms with E-state index in [-0.39, 0.29) is 5.97 Å². The molecule has 0 aliphatic heterocycles. The molecule has 1 atom stereocenters. The molecule has 0 aliphatic rings. The molecule has 0 aromatic carbocycles. The van der Waals surface area contributed by atoms with Crippen LogP contribution in [0.2, 0.25) is 0 Å². The highest BCUT2D eigenvalue weighted by Gasteiger charge is 2.14. The third-order valence-corrected chi connectivity index (χ3v) is 3.35. The molecule has 0 bridgehead atoms. The van der Waals surface area contributed by atoms with Crippen molar-refractivity contribution in [2.45, 2.75) is 72.1 Å². The van der Waals surface area contributed by atoms with Crippen molar-refractivity contribution in [1.29, 1.82) is 0 Å². The predicted molar refractivity (Wildman–Crippen MR) is 77.5 cm³/mol. The fourth-order valence-corrected chi connectivity index (χ4v) is 1.99. The molecular formula is C16H30O2. The first kappa shape index (κ1) is 17.2. The van der Waals surface area contributed by atoms with Crippen LogP contribution in [0.5, 0.6) is 0 Å². The Morgan fingerprint density at radius 2 is 1.78 bits per heavy atom. The summed E-state index contributed by atoms with van der Waals surface area (Å²) in [5, 5.41) is 0. The first-order chi connectivity index (χ1) is 8.65. The minimum Gasteiger partial charge on any atom is -0.462 e. The Hall–Kier alpha value is -0.790. The fraction of sp³-hybridized carbons (Fsp3) is 0.812. The van der Waals surface area contributed by atoms with Crippen molar-refractivity contribution in [2.24, 2.45) is 5.92 Å². The maximum Gasteiger partial charge on any atom is 0.333 e. The van der Waals surface area contributed by atoms with Gasteiger partial charge in [-0.15, -0.1) is 0 Å². The summed E-state index contributed by atoms with van der Waals surface area (Å²) in [7, 11) is 0. The molecule has 106 valence electrons. The van der Waals surface area contributed by atoms with E-state index < -0.39 is 0 Å². The lowest BCUT2D eigenvalue weighted by molar-refractivity contribution is -0.139. The molecule has 2 heteroatoms. The Morgan fingerprint density at radius 3 is 2.33 bits per heavy atom. The molecule has 0 saturated heterocycles. The topological polar surface area (TPSA) is 26.3 Å². The van der Waals surface area contributed by atoms with Crippen LogP contribution in [-0.2, 0) is 9.53 Å². The highest BCUT2D eigenvalue weighted by atomic mass is 16.5. The Morgan fingerprint density at radius 1 is 1.11 bits per heavy atom. The number of hydrogen-bond acceptors (Lipinski definition) is 2. The van der Waals surface area contributed by atoms with Gasteiger partial charge in [-0.3, -0.25) is 0 Å². The lowest BCUT2D eigenvalue weighted by Gasteiger charge is -2.15. The van der Waals surface area contributed by atoms with Gasteiger partial charge in [-0.1, -0.05) is 65.9 Å². The van der Waals surface area contributed by atoms with Crippen molar-refractivity contribution in [1.82, 2.24) is 0 Å². The molecule has 2 nitrogen and oxygen atoms in total. The zero-order valence-electron chi connectivity index (χ0n) is 12.5. The molecule has 0 rings (SSSR count). The molecule has 0 saturated carbocycles. The largest absolute Gasteiger partial charge is 0.462 e. The molecule has 0 amide bonds. The van der Waals surface area contributed by atoms with Crippen molar-refractivity contribution < 1.29 is 9.53 Å². The molecule has 0 aromatic heterocycles. The number of rotatable bonds is 11. The van der Waals surface area contributed by atoms with Crippen LogP contribution >= 0.6 is 0 Å². The predicted octanol–water partition coefficient (Wildman–Crippen LogP) is 4.88. The summed E-state index contributed by atoms with van der Waals surface area (Å²) in [5.74, 6) is 0.390. The first-order valence-electron chi connectivity index (χ1n) is 7.50. The van der Waals surface area contributed by atoms with Gasteiger partial charge in [0.25, 0.3) is 0 Å². The fourth-order valence-electron chi connectivity index (χ4n) is 1.99. The van der Waals surface area contributed by atoms with Gasteiger partial charge in [0.05, 0.1) is 6.61 Å². The van der Waals surface area contributed by atoms with Crippen LogP contribution < -0.4 is 0 Å². The SMILES string of the molecule is C=C(CC(CC)CCCC)C(=O)OCCCCC. The van der Waals surface area contributed by atoms with Gasteiger partial charge in [0.1, 0.15) is 0 Å². The Kier molecular flexibility index (Phi) is 10.8. The number of unbranched alkanes of at least 4 members (excludes halogenated alkanes) is 3. The second-order valence-corrected chi connectivity index (χ2v) is 5.07. The first-order valence-corrected chi connectivity index (χ1v) is 7.50. The number of carbonyl (C=O) groups excluding carboxylic acids is 1. The number of ether oxygens (including phenoxy) is 1. The maximum absolute atomic E-state index is 11.7. The Balaban J connectivity index is 3.86. The Bertz CT molecular complexity index is 233. The molecule has 18 heavy (non-hydrogen) atoms. The molecule has 0 aliphatic carbocycles. The minimum atomic E-state index is -0.193. The summed E-state index contributed by atoms with van der Waals surface area (Å²) in [6.07, 6.45) is 8.77. The summed E-state index contributed by atoms with van der Waals surface area (Å²) >= 11 is 0. The van der Waals surface area contributed by atoms with Gasteiger partial charge in [0.2, 0.25) is 0 Å². The van der Waals surface area contributed by atoms with E-state index in [9.17, 15) is 4.79 Å². The molecule has 0 spiro atoms. The van der Waals surface area contributed by atoms with Crippen molar-refractivity contribution in [2.75, 3.05) is 6.61 Å². The third-order valence-electron chi connectivity index (χ3n) is 3.35. The number of carbonyl (C=O) groups is 1. The molecule has 0 radical (unpaired) electrons. The van der Waals surface area contributed by atoms with Crippen LogP contribution in [0, 0.1) is 5.92 Å². The van der Waals surface area contributed by atoms with Gasteiger partial charge >= 0.3 is 5.97 Å². The van der Waals surface area contributed by atoms with E-state index in [4.69, 9.17) is 4.74 Å². The molecule has 0 fully saturated rings. The molecule has 1 unspecified atom stereocenters. The molecule has 0 heterocycles. The van der Waals surface area contributed by atoms with Crippen LogP contribution in [0.15, 0.2) is 12.2 Å². The van der Waals surface area contributed by atoms with Crippen molar-refractivity contribution in [3.63, 3.8) is 0 Å². The van der Waals surface area contributed by atoms with Crippen LogP contribution in [0.4, 0.5) is 0 Å². The van der Waals surface area contributed by atoms with Crippen LogP contribution in [0.3, 0.4) is 0 Å². The van der Waals surface area contributed by atoms with E-state index in [1.807, 2.05) is 0 Å². The molecule has 0 aromatic rings. The molecular weight excluding hydrogens is 224 g/mol. The Labute approximate surface area is 113 Å². The van der Waals surface area contributed by atoms with Gasteiger partial charge in [-0.25, -0.2) is 4.79 Å². The average molecular weight is 254 g/mol. The standard InChI is InChI=1S/C16H30O2/c1-5-8-10-12-18-16(17)14(4)13-15(7-3)11-9-6-2/h15H,4-13H2,1-3H3. The summed E-state index contributed by atoms with van der Waals surface area (Å²) < 4.78 is 5.22. The smallest absolute Gasteiger partial charge is 0.333 e. The van der Waals surface area contributed by atoms with E-state index in [1.54, 1.807) is 0 Å². The summed E-state index contributed by atoms with van der Waals surface area (Å²) in [6.45, 7) is 10.9. The van der Waals surface area contributed by atoms with E-state index in [1.165, 1.54) is 19.3 Å².